The predicted molar refractivity (Wildman–Crippen MR) is 75.7 cm³/mol. The van der Waals surface area contributed by atoms with Gasteiger partial charge in [-0.1, -0.05) is 13.8 Å². The van der Waals surface area contributed by atoms with Gasteiger partial charge in [0.05, 0.1) is 5.60 Å². The van der Waals surface area contributed by atoms with E-state index in [0.717, 1.165) is 19.1 Å². The van der Waals surface area contributed by atoms with Gasteiger partial charge in [-0.25, -0.2) is 0 Å². The number of rotatable bonds is 4. The summed E-state index contributed by atoms with van der Waals surface area (Å²) in [5.74, 6) is 3.42. The van der Waals surface area contributed by atoms with Crippen molar-refractivity contribution in [1.29, 1.82) is 0 Å². The highest BCUT2D eigenvalue weighted by atomic mass is 32.2. The lowest BCUT2D eigenvalue weighted by Gasteiger charge is -2.45. The highest BCUT2D eigenvalue weighted by molar-refractivity contribution is 7.99. The van der Waals surface area contributed by atoms with Gasteiger partial charge in [-0.2, -0.15) is 11.8 Å². The standard InChI is InChI=1S/C14H27NOS/c1-3-13(15-4-2)12-5-8-16-14(11-12)6-9-17-10-7-14/h12-13,15H,3-11H2,1-2H3. The predicted octanol–water partition coefficient (Wildman–Crippen LogP) is 3.07. The van der Waals surface area contributed by atoms with Crippen LogP contribution >= 0.6 is 11.8 Å². The maximum absolute atomic E-state index is 6.17. The molecule has 2 nitrogen and oxygen atoms in total. The molecule has 2 atom stereocenters. The molecule has 100 valence electrons. The minimum Gasteiger partial charge on any atom is -0.375 e. The summed E-state index contributed by atoms with van der Waals surface area (Å²) in [5.41, 5.74) is 0.247. The number of nitrogens with one attached hydrogen (secondary N) is 1. The Hall–Kier alpha value is 0.270. The molecule has 0 aromatic carbocycles. The van der Waals surface area contributed by atoms with Crippen molar-refractivity contribution < 1.29 is 4.74 Å². The minimum absolute atomic E-state index is 0.247. The van der Waals surface area contributed by atoms with Crippen LogP contribution in [0.3, 0.4) is 0 Å². The molecule has 2 unspecified atom stereocenters. The second kappa shape index (κ2) is 6.44. The molecule has 0 amide bonds. The largest absolute Gasteiger partial charge is 0.375 e. The van der Waals surface area contributed by atoms with Crippen LogP contribution in [0, 0.1) is 5.92 Å². The van der Waals surface area contributed by atoms with Crippen LogP contribution in [0.4, 0.5) is 0 Å². The number of hydrogen-bond donors (Lipinski definition) is 1. The summed E-state index contributed by atoms with van der Waals surface area (Å²) in [6.07, 6.45) is 6.34. The summed E-state index contributed by atoms with van der Waals surface area (Å²) in [7, 11) is 0. The second-order valence-electron chi connectivity index (χ2n) is 5.47. The molecule has 1 spiro atoms. The number of hydrogen-bond acceptors (Lipinski definition) is 3. The van der Waals surface area contributed by atoms with E-state index >= 15 is 0 Å². The van der Waals surface area contributed by atoms with E-state index in [1.165, 1.54) is 43.6 Å². The van der Waals surface area contributed by atoms with E-state index in [0.29, 0.717) is 6.04 Å². The lowest BCUT2D eigenvalue weighted by atomic mass is 9.78. The van der Waals surface area contributed by atoms with E-state index in [1.54, 1.807) is 0 Å². The molecule has 0 bridgehead atoms. The zero-order chi connectivity index (χ0) is 12.1. The molecule has 0 saturated carbocycles. The maximum atomic E-state index is 6.17. The fraction of sp³-hybridized carbons (Fsp3) is 1.00. The summed E-state index contributed by atoms with van der Waals surface area (Å²) >= 11 is 2.09. The molecule has 1 N–H and O–H groups in total. The molecular formula is C14H27NOS. The van der Waals surface area contributed by atoms with E-state index in [-0.39, 0.29) is 5.60 Å². The van der Waals surface area contributed by atoms with Crippen LogP contribution in [-0.4, -0.2) is 36.3 Å². The smallest absolute Gasteiger partial charge is 0.0701 e. The Morgan fingerprint density at radius 2 is 2.12 bits per heavy atom. The van der Waals surface area contributed by atoms with Crippen LogP contribution in [0.15, 0.2) is 0 Å². The number of thioether (sulfide) groups is 1. The van der Waals surface area contributed by atoms with Crippen molar-refractivity contribution in [3.05, 3.63) is 0 Å². The molecule has 2 saturated heterocycles. The lowest BCUT2D eigenvalue weighted by Crippen LogP contribution is -2.48. The Kier molecular flexibility index (Phi) is 5.19. The zero-order valence-electron chi connectivity index (χ0n) is 11.3. The van der Waals surface area contributed by atoms with Gasteiger partial charge >= 0.3 is 0 Å². The van der Waals surface area contributed by atoms with Gasteiger partial charge in [0, 0.05) is 12.6 Å². The average molecular weight is 257 g/mol. The van der Waals surface area contributed by atoms with Crippen LogP contribution < -0.4 is 5.32 Å². The molecule has 2 fully saturated rings. The number of ether oxygens (including phenoxy) is 1. The van der Waals surface area contributed by atoms with Crippen molar-refractivity contribution in [3.63, 3.8) is 0 Å². The molecule has 2 heterocycles. The highest BCUT2D eigenvalue weighted by Crippen LogP contribution is 2.40. The Morgan fingerprint density at radius 1 is 1.35 bits per heavy atom. The quantitative estimate of drug-likeness (QED) is 0.836. The molecule has 2 aliphatic heterocycles. The van der Waals surface area contributed by atoms with Gasteiger partial charge in [0.15, 0.2) is 0 Å². The van der Waals surface area contributed by atoms with Crippen molar-refractivity contribution in [3.8, 4) is 0 Å². The Bertz CT molecular complexity index is 223. The maximum Gasteiger partial charge on any atom is 0.0701 e. The molecule has 3 heteroatoms. The fourth-order valence-electron chi connectivity index (χ4n) is 3.41. The van der Waals surface area contributed by atoms with Crippen molar-refractivity contribution in [1.82, 2.24) is 5.32 Å². The highest BCUT2D eigenvalue weighted by Gasteiger charge is 2.40. The van der Waals surface area contributed by atoms with E-state index in [9.17, 15) is 0 Å². The van der Waals surface area contributed by atoms with Gasteiger partial charge in [-0.15, -0.1) is 0 Å². The third-order valence-electron chi connectivity index (χ3n) is 4.41. The van der Waals surface area contributed by atoms with Gasteiger partial charge in [0.25, 0.3) is 0 Å². The third-order valence-corrected chi connectivity index (χ3v) is 5.40. The van der Waals surface area contributed by atoms with Gasteiger partial charge < -0.3 is 10.1 Å². The fourth-order valence-corrected chi connectivity index (χ4v) is 4.64. The average Bonchev–Trinajstić information content (AvgIpc) is 2.37. The molecule has 0 radical (unpaired) electrons. The molecule has 2 rings (SSSR count). The van der Waals surface area contributed by atoms with Crippen LogP contribution in [0.25, 0.3) is 0 Å². The van der Waals surface area contributed by atoms with Crippen LogP contribution in [0.2, 0.25) is 0 Å². The Balaban J connectivity index is 1.95. The van der Waals surface area contributed by atoms with Crippen molar-refractivity contribution in [2.45, 2.75) is 57.6 Å². The van der Waals surface area contributed by atoms with Crippen molar-refractivity contribution >= 4 is 11.8 Å². The molecular weight excluding hydrogens is 230 g/mol. The van der Waals surface area contributed by atoms with E-state index in [1.807, 2.05) is 0 Å². The SMILES string of the molecule is CCNC(CC)C1CCOC2(CCSCC2)C1. The first-order valence-corrected chi connectivity index (χ1v) is 8.40. The molecule has 2 aliphatic rings. The van der Waals surface area contributed by atoms with Crippen molar-refractivity contribution in [2.24, 2.45) is 5.92 Å². The summed E-state index contributed by atoms with van der Waals surface area (Å²) in [5, 5.41) is 3.66. The van der Waals surface area contributed by atoms with Crippen LogP contribution in [0.5, 0.6) is 0 Å². The summed E-state index contributed by atoms with van der Waals surface area (Å²) in [4.78, 5) is 0. The van der Waals surface area contributed by atoms with E-state index < -0.39 is 0 Å². The van der Waals surface area contributed by atoms with Gasteiger partial charge in [0.1, 0.15) is 0 Å². The van der Waals surface area contributed by atoms with E-state index in [2.05, 4.69) is 30.9 Å². The normalized spacial score (nSPS) is 30.4. The van der Waals surface area contributed by atoms with Crippen molar-refractivity contribution in [2.75, 3.05) is 24.7 Å². The van der Waals surface area contributed by atoms with Crippen LogP contribution in [0.1, 0.15) is 46.0 Å². The van der Waals surface area contributed by atoms with Gasteiger partial charge in [-0.05, 0) is 56.1 Å². The molecule has 0 aromatic rings. The monoisotopic (exact) mass is 257 g/mol. The summed E-state index contributed by atoms with van der Waals surface area (Å²) in [6.45, 7) is 6.61. The van der Waals surface area contributed by atoms with Gasteiger partial charge in [0.2, 0.25) is 0 Å². The summed E-state index contributed by atoms with van der Waals surface area (Å²) in [6, 6.07) is 0.704. The molecule has 17 heavy (non-hydrogen) atoms. The first-order valence-electron chi connectivity index (χ1n) is 7.25. The van der Waals surface area contributed by atoms with E-state index in [4.69, 9.17) is 4.74 Å². The first kappa shape index (κ1) is 13.7. The topological polar surface area (TPSA) is 21.3 Å². The Morgan fingerprint density at radius 3 is 2.76 bits per heavy atom. The third kappa shape index (κ3) is 3.39. The van der Waals surface area contributed by atoms with Crippen LogP contribution in [-0.2, 0) is 4.74 Å². The first-order chi connectivity index (χ1) is 8.29. The van der Waals surface area contributed by atoms with Gasteiger partial charge in [-0.3, -0.25) is 0 Å². The Labute approximate surface area is 110 Å². The summed E-state index contributed by atoms with van der Waals surface area (Å²) < 4.78 is 6.17. The molecule has 0 aliphatic carbocycles. The minimum atomic E-state index is 0.247. The zero-order valence-corrected chi connectivity index (χ0v) is 12.2. The lowest BCUT2D eigenvalue weighted by molar-refractivity contribution is -0.107. The molecule has 0 aromatic heterocycles. The second-order valence-corrected chi connectivity index (χ2v) is 6.69.